The first-order chi connectivity index (χ1) is 10.5. The summed E-state index contributed by atoms with van der Waals surface area (Å²) in [5.41, 5.74) is 2.44. The van der Waals surface area contributed by atoms with Crippen LogP contribution in [0.15, 0.2) is 17.0 Å². The first-order valence-corrected chi connectivity index (χ1v) is 7.96. The smallest absolute Gasteiger partial charge is 0.309 e. The minimum atomic E-state index is -0.348. The second kappa shape index (κ2) is 7.32. The lowest BCUT2D eigenvalue weighted by Crippen LogP contribution is -2.28. The summed E-state index contributed by atoms with van der Waals surface area (Å²) < 4.78 is 5.02. The molecule has 0 saturated heterocycles. The lowest BCUT2D eigenvalue weighted by atomic mass is 9.86. The van der Waals surface area contributed by atoms with E-state index in [1.54, 1.807) is 0 Å². The molecule has 2 rings (SSSR count). The van der Waals surface area contributed by atoms with Crippen LogP contribution in [-0.4, -0.2) is 18.5 Å². The third kappa shape index (κ3) is 4.01. The number of thiocyanates is 1. The number of anilines is 1. The first-order valence-electron chi connectivity index (χ1n) is 7.15. The SMILES string of the molecule is Cc1cc(SC#N)cc(C)c1NC(=O)COC(=O)C1CCC1. The second-order valence-electron chi connectivity index (χ2n) is 5.41. The van der Waals surface area contributed by atoms with Crippen molar-refractivity contribution in [3.63, 3.8) is 0 Å². The monoisotopic (exact) mass is 318 g/mol. The molecule has 1 aromatic carbocycles. The van der Waals surface area contributed by atoms with Crippen molar-refractivity contribution in [3.05, 3.63) is 23.3 Å². The third-order valence-electron chi connectivity index (χ3n) is 3.72. The van der Waals surface area contributed by atoms with Crippen molar-refractivity contribution in [1.82, 2.24) is 0 Å². The first kappa shape index (κ1) is 16.4. The molecule has 0 aliphatic heterocycles. The van der Waals surface area contributed by atoms with E-state index in [-0.39, 0.29) is 24.4 Å². The summed E-state index contributed by atoms with van der Waals surface area (Å²) in [5.74, 6) is -0.659. The number of nitrogens with zero attached hydrogens (tertiary/aromatic N) is 1. The molecule has 1 N–H and O–H groups in total. The Morgan fingerprint density at radius 1 is 1.36 bits per heavy atom. The molecule has 0 unspecified atom stereocenters. The summed E-state index contributed by atoms with van der Waals surface area (Å²) in [5, 5.41) is 13.5. The van der Waals surface area contributed by atoms with Crippen LogP contribution >= 0.6 is 11.8 Å². The second-order valence-corrected chi connectivity index (χ2v) is 6.27. The molecule has 1 aliphatic rings. The van der Waals surface area contributed by atoms with Crippen LogP contribution in [0.1, 0.15) is 30.4 Å². The fourth-order valence-corrected chi connectivity index (χ4v) is 2.88. The van der Waals surface area contributed by atoms with Crippen LogP contribution in [0.2, 0.25) is 0 Å². The fourth-order valence-electron chi connectivity index (χ4n) is 2.31. The van der Waals surface area contributed by atoms with Crippen LogP contribution in [0, 0.1) is 30.4 Å². The Kier molecular flexibility index (Phi) is 5.45. The van der Waals surface area contributed by atoms with E-state index in [1.165, 1.54) is 0 Å². The van der Waals surface area contributed by atoms with Gasteiger partial charge in [0, 0.05) is 10.6 Å². The standard InChI is InChI=1S/C16H18N2O3S/c1-10-6-13(22-9-17)7-11(2)15(10)18-14(19)8-21-16(20)12-4-3-5-12/h6-7,12H,3-5,8H2,1-2H3,(H,18,19). The molecule has 22 heavy (non-hydrogen) atoms. The molecule has 5 nitrogen and oxygen atoms in total. The van der Waals surface area contributed by atoms with Crippen molar-refractivity contribution in [1.29, 1.82) is 5.26 Å². The van der Waals surface area contributed by atoms with Gasteiger partial charge in [0.05, 0.1) is 5.92 Å². The summed E-state index contributed by atoms with van der Waals surface area (Å²) in [6.07, 6.45) is 2.77. The van der Waals surface area contributed by atoms with Gasteiger partial charge in [-0.15, -0.1) is 0 Å². The van der Waals surface area contributed by atoms with Gasteiger partial charge in [-0.05, 0) is 61.7 Å². The average Bonchev–Trinajstić information content (AvgIpc) is 2.39. The molecule has 1 aromatic rings. The number of nitrogens with one attached hydrogen (secondary N) is 1. The highest BCUT2D eigenvalue weighted by atomic mass is 32.2. The molecule has 116 valence electrons. The maximum Gasteiger partial charge on any atom is 0.309 e. The van der Waals surface area contributed by atoms with Crippen LogP contribution in [0.3, 0.4) is 0 Å². The summed E-state index contributed by atoms with van der Waals surface area (Å²) >= 11 is 1.08. The summed E-state index contributed by atoms with van der Waals surface area (Å²) in [6, 6.07) is 3.69. The third-order valence-corrected chi connectivity index (χ3v) is 4.28. The summed E-state index contributed by atoms with van der Waals surface area (Å²) in [6.45, 7) is 3.47. The summed E-state index contributed by atoms with van der Waals surface area (Å²) in [4.78, 5) is 24.4. The van der Waals surface area contributed by atoms with E-state index in [2.05, 4.69) is 5.32 Å². The quantitative estimate of drug-likeness (QED) is 0.512. The zero-order valence-corrected chi connectivity index (χ0v) is 13.5. The van der Waals surface area contributed by atoms with Crippen molar-refractivity contribution in [2.24, 2.45) is 5.92 Å². The molecule has 1 aliphatic carbocycles. The number of hydrogen-bond donors (Lipinski definition) is 1. The van der Waals surface area contributed by atoms with E-state index in [0.717, 1.165) is 47.0 Å². The van der Waals surface area contributed by atoms with Gasteiger partial charge in [-0.1, -0.05) is 6.42 Å². The Balaban J connectivity index is 1.93. The molecule has 1 fully saturated rings. The number of thioether (sulfide) groups is 1. The van der Waals surface area contributed by atoms with E-state index in [4.69, 9.17) is 10.00 Å². The zero-order valence-electron chi connectivity index (χ0n) is 12.6. The van der Waals surface area contributed by atoms with Crippen LogP contribution in [0.5, 0.6) is 0 Å². The van der Waals surface area contributed by atoms with Gasteiger partial charge in [0.2, 0.25) is 0 Å². The Hall–Kier alpha value is -2.00. The predicted octanol–water partition coefficient (Wildman–Crippen LogP) is 3.16. The molecule has 1 amide bonds. The van der Waals surface area contributed by atoms with E-state index in [9.17, 15) is 9.59 Å². The number of carbonyl (C=O) groups is 2. The molecular weight excluding hydrogens is 300 g/mol. The van der Waals surface area contributed by atoms with Crippen molar-refractivity contribution < 1.29 is 14.3 Å². The number of hydrogen-bond acceptors (Lipinski definition) is 5. The Morgan fingerprint density at radius 3 is 2.50 bits per heavy atom. The van der Waals surface area contributed by atoms with Gasteiger partial charge < -0.3 is 10.1 Å². The Morgan fingerprint density at radius 2 is 2.00 bits per heavy atom. The molecule has 0 heterocycles. The predicted molar refractivity (Wildman–Crippen MR) is 84.3 cm³/mol. The highest BCUT2D eigenvalue weighted by Crippen LogP contribution is 2.28. The molecule has 0 aromatic heterocycles. The van der Waals surface area contributed by atoms with Gasteiger partial charge in [-0.2, -0.15) is 5.26 Å². The highest BCUT2D eigenvalue weighted by Gasteiger charge is 2.27. The maximum atomic E-state index is 11.9. The minimum absolute atomic E-state index is 0.0291. The fraction of sp³-hybridized carbons (Fsp3) is 0.438. The summed E-state index contributed by atoms with van der Waals surface area (Å²) in [7, 11) is 0. The molecule has 0 spiro atoms. The Labute approximate surface area is 134 Å². The zero-order chi connectivity index (χ0) is 16.1. The Bertz CT molecular complexity index is 610. The van der Waals surface area contributed by atoms with Gasteiger partial charge in [-0.3, -0.25) is 9.59 Å². The normalized spacial score (nSPS) is 13.9. The largest absolute Gasteiger partial charge is 0.455 e. The number of carbonyl (C=O) groups excluding carboxylic acids is 2. The molecule has 6 heteroatoms. The molecule has 0 atom stereocenters. The topological polar surface area (TPSA) is 79.2 Å². The maximum absolute atomic E-state index is 11.9. The lowest BCUT2D eigenvalue weighted by molar-refractivity contribution is -0.154. The average molecular weight is 318 g/mol. The van der Waals surface area contributed by atoms with Gasteiger partial charge in [0.15, 0.2) is 6.61 Å². The van der Waals surface area contributed by atoms with Gasteiger partial charge in [0.25, 0.3) is 5.91 Å². The van der Waals surface area contributed by atoms with E-state index < -0.39 is 0 Å². The van der Waals surface area contributed by atoms with Gasteiger partial charge in [0.1, 0.15) is 5.40 Å². The minimum Gasteiger partial charge on any atom is -0.455 e. The highest BCUT2D eigenvalue weighted by molar-refractivity contribution is 8.03. The van der Waals surface area contributed by atoms with Crippen LogP contribution in [0.25, 0.3) is 0 Å². The van der Waals surface area contributed by atoms with Crippen LogP contribution in [0.4, 0.5) is 5.69 Å². The van der Waals surface area contributed by atoms with Crippen LogP contribution < -0.4 is 5.32 Å². The van der Waals surface area contributed by atoms with Gasteiger partial charge >= 0.3 is 5.97 Å². The molecule has 0 radical (unpaired) electrons. The van der Waals surface area contributed by atoms with Crippen molar-refractivity contribution in [2.45, 2.75) is 38.0 Å². The van der Waals surface area contributed by atoms with Gasteiger partial charge in [-0.25, -0.2) is 0 Å². The number of ether oxygens (including phenoxy) is 1. The van der Waals surface area contributed by atoms with Crippen molar-refractivity contribution >= 4 is 29.3 Å². The number of nitriles is 1. The lowest BCUT2D eigenvalue weighted by Gasteiger charge is -2.23. The molecule has 0 bridgehead atoms. The number of benzene rings is 1. The number of esters is 1. The van der Waals surface area contributed by atoms with Crippen molar-refractivity contribution in [3.8, 4) is 5.40 Å². The number of amides is 1. The molecular formula is C16H18N2O3S. The molecule has 1 saturated carbocycles. The number of aryl methyl sites for hydroxylation is 2. The number of rotatable bonds is 5. The van der Waals surface area contributed by atoms with Crippen molar-refractivity contribution in [2.75, 3.05) is 11.9 Å². The van der Waals surface area contributed by atoms with E-state index in [0.29, 0.717) is 5.69 Å². The van der Waals surface area contributed by atoms with Crippen LogP contribution in [-0.2, 0) is 14.3 Å². The van der Waals surface area contributed by atoms with E-state index >= 15 is 0 Å². The van der Waals surface area contributed by atoms with E-state index in [1.807, 2.05) is 31.4 Å².